The van der Waals surface area contributed by atoms with Gasteiger partial charge in [-0.15, -0.1) is 0 Å². The number of imidazole rings is 1. The molecule has 0 spiro atoms. The molecule has 0 saturated carbocycles. The summed E-state index contributed by atoms with van der Waals surface area (Å²) in [5, 5.41) is 0. The van der Waals surface area contributed by atoms with Crippen LogP contribution in [0.25, 0.3) is 11.1 Å². The Hall–Kier alpha value is -5.24. The van der Waals surface area contributed by atoms with Crippen LogP contribution in [-0.4, -0.2) is 56.2 Å². The van der Waals surface area contributed by atoms with E-state index in [9.17, 15) is 9.59 Å². The Morgan fingerprint density at radius 3 is 2.42 bits per heavy atom. The van der Waals surface area contributed by atoms with E-state index in [0.717, 1.165) is 33.8 Å². The van der Waals surface area contributed by atoms with Crippen LogP contribution < -0.4 is 4.90 Å². The third-order valence-corrected chi connectivity index (χ3v) is 7.87. The van der Waals surface area contributed by atoms with Gasteiger partial charge in [0, 0.05) is 44.3 Å². The standard InChI is InChI=1S/C35H34N6O2/c1-2-39(23-29-12-8-9-17-37-29)34(42)31-13-6-7-14-32(31)35(43)41-19-18-40(24-30-21-36-25-38-30)33-16-15-27(20-28(33)22-41)26-10-4-3-5-11-26/h3-17,20-21,25H,2,18-19,22-24H2,1H3,(H,36,38). The van der Waals surface area contributed by atoms with Gasteiger partial charge in [0.05, 0.1) is 41.9 Å². The van der Waals surface area contributed by atoms with Crippen molar-refractivity contribution in [3.8, 4) is 11.1 Å². The average molecular weight is 571 g/mol. The fourth-order valence-electron chi connectivity index (χ4n) is 5.60. The highest BCUT2D eigenvalue weighted by molar-refractivity contribution is 6.07. The van der Waals surface area contributed by atoms with Crippen molar-refractivity contribution in [3.63, 3.8) is 0 Å². The highest BCUT2D eigenvalue weighted by atomic mass is 16.2. The van der Waals surface area contributed by atoms with Gasteiger partial charge in [-0.2, -0.15) is 0 Å². The number of hydrogen-bond acceptors (Lipinski definition) is 5. The number of nitrogens with zero attached hydrogens (tertiary/aromatic N) is 5. The van der Waals surface area contributed by atoms with Crippen molar-refractivity contribution in [2.75, 3.05) is 24.5 Å². The van der Waals surface area contributed by atoms with Crippen LogP contribution >= 0.6 is 0 Å². The number of fused-ring (bicyclic) bond motifs is 1. The van der Waals surface area contributed by atoms with Crippen molar-refractivity contribution < 1.29 is 9.59 Å². The summed E-state index contributed by atoms with van der Waals surface area (Å²) in [6.45, 7) is 5.04. The van der Waals surface area contributed by atoms with Gasteiger partial charge in [0.15, 0.2) is 0 Å². The Balaban J connectivity index is 1.31. The second kappa shape index (κ2) is 12.7. The molecule has 0 aliphatic carbocycles. The van der Waals surface area contributed by atoms with Crippen LogP contribution in [-0.2, 0) is 19.6 Å². The molecule has 8 nitrogen and oxygen atoms in total. The zero-order valence-electron chi connectivity index (χ0n) is 24.2. The molecule has 1 aliphatic rings. The Labute approximate surface area is 251 Å². The van der Waals surface area contributed by atoms with E-state index in [0.29, 0.717) is 50.4 Å². The van der Waals surface area contributed by atoms with E-state index in [-0.39, 0.29) is 11.8 Å². The lowest BCUT2D eigenvalue weighted by Crippen LogP contribution is -2.37. The first kappa shape index (κ1) is 27.9. The minimum Gasteiger partial charge on any atom is -0.364 e. The van der Waals surface area contributed by atoms with Gasteiger partial charge in [-0.1, -0.05) is 54.6 Å². The number of anilines is 1. The number of pyridine rings is 1. The Bertz CT molecular complexity index is 1690. The first-order valence-corrected chi connectivity index (χ1v) is 14.6. The quantitative estimate of drug-likeness (QED) is 0.255. The van der Waals surface area contributed by atoms with Gasteiger partial charge in [0.2, 0.25) is 0 Å². The van der Waals surface area contributed by atoms with Gasteiger partial charge in [0.1, 0.15) is 0 Å². The topological polar surface area (TPSA) is 85.4 Å². The average Bonchev–Trinajstić information content (AvgIpc) is 3.51. The summed E-state index contributed by atoms with van der Waals surface area (Å²) < 4.78 is 0. The molecule has 0 unspecified atom stereocenters. The van der Waals surface area contributed by atoms with Crippen LogP contribution in [0, 0.1) is 0 Å². The number of carbonyl (C=O) groups excluding carboxylic acids is 2. The Morgan fingerprint density at radius 1 is 0.884 bits per heavy atom. The van der Waals surface area contributed by atoms with Crippen molar-refractivity contribution in [2.45, 2.75) is 26.6 Å². The maximum absolute atomic E-state index is 14.2. The molecule has 1 aliphatic heterocycles. The number of hydrogen-bond donors (Lipinski definition) is 1. The number of rotatable bonds is 8. The Morgan fingerprint density at radius 2 is 1.67 bits per heavy atom. The van der Waals surface area contributed by atoms with E-state index in [1.807, 2.05) is 66.6 Å². The minimum absolute atomic E-state index is 0.155. The number of amides is 2. The molecule has 0 atom stereocenters. The molecule has 43 heavy (non-hydrogen) atoms. The molecule has 216 valence electrons. The smallest absolute Gasteiger partial charge is 0.255 e. The third-order valence-electron chi connectivity index (χ3n) is 7.87. The first-order chi connectivity index (χ1) is 21.1. The normalized spacial score (nSPS) is 12.9. The van der Waals surface area contributed by atoms with Gasteiger partial charge in [-0.3, -0.25) is 14.6 Å². The van der Waals surface area contributed by atoms with E-state index >= 15 is 0 Å². The summed E-state index contributed by atoms with van der Waals surface area (Å²) in [5.41, 5.74) is 6.98. The van der Waals surface area contributed by atoms with Crippen LogP contribution in [0.3, 0.4) is 0 Å². The van der Waals surface area contributed by atoms with Gasteiger partial charge in [-0.25, -0.2) is 4.98 Å². The molecule has 0 fully saturated rings. The number of carbonyl (C=O) groups is 2. The van der Waals surface area contributed by atoms with Crippen LogP contribution in [0.2, 0.25) is 0 Å². The fraction of sp³-hybridized carbons (Fsp3) is 0.200. The molecule has 0 radical (unpaired) electrons. The predicted molar refractivity (Wildman–Crippen MR) is 167 cm³/mol. The van der Waals surface area contributed by atoms with E-state index in [2.05, 4.69) is 50.2 Å². The van der Waals surface area contributed by atoms with E-state index in [1.165, 1.54) is 0 Å². The molecule has 2 aromatic heterocycles. The molecule has 3 aromatic carbocycles. The van der Waals surface area contributed by atoms with Crippen molar-refractivity contribution in [1.82, 2.24) is 24.8 Å². The van der Waals surface area contributed by atoms with Gasteiger partial charge in [-0.05, 0) is 60.0 Å². The molecule has 5 aromatic rings. The maximum atomic E-state index is 14.2. The van der Waals surface area contributed by atoms with Gasteiger partial charge < -0.3 is 19.7 Å². The molecular formula is C35H34N6O2. The number of benzene rings is 3. The highest BCUT2D eigenvalue weighted by Gasteiger charge is 2.28. The highest BCUT2D eigenvalue weighted by Crippen LogP contribution is 2.32. The van der Waals surface area contributed by atoms with Crippen molar-refractivity contribution in [2.24, 2.45) is 0 Å². The van der Waals surface area contributed by atoms with E-state index in [1.54, 1.807) is 29.6 Å². The Kier molecular flexibility index (Phi) is 8.26. The molecule has 2 amide bonds. The summed E-state index contributed by atoms with van der Waals surface area (Å²) >= 11 is 0. The molecule has 0 saturated heterocycles. The number of aromatic amines is 1. The number of aromatic nitrogens is 3. The van der Waals surface area contributed by atoms with Gasteiger partial charge in [0.25, 0.3) is 11.8 Å². The monoisotopic (exact) mass is 570 g/mol. The molecule has 1 N–H and O–H groups in total. The molecule has 3 heterocycles. The number of H-pyrrole nitrogens is 1. The van der Waals surface area contributed by atoms with E-state index in [4.69, 9.17) is 0 Å². The lowest BCUT2D eigenvalue weighted by Gasteiger charge is -2.25. The first-order valence-electron chi connectivity index (χ1n) is 14.6. The largest absolute Gasteiger partial charge is 0.364 e. The SMILES string of the molecule is CCN(Cc1ccccn1)C(=O)c1ccccc1C(=O)N1CCN(Cc2cnc[nH]2)c2ccc(-c3ccccc3)cc2C1. The summed E-state index contributed by atoms with van der Waals surface area (Å²) in [6, 6.07) is 29.5. The minimum atomic E-state index is -0.181. The lowest BCUT2D eigenvalue weighted by atomic mass is 10.0. The molecular weight excluding hydrogens is 536 g/mol. The second-order valence-corrected chi connectivity index (χ2v) is 10.6. The summed E-state index contributed by atoms with van der Waals surface area (Å²) in [6.07, 6.45) is 5.24. The zero-order valence-corrected chi connectivity index (χ0v) is 24.2. The van der Waals surface area contributed by atoms with Gasteiger partial charge >= 0.3 is 0 Å². The maximum Gasteiger partial charge on any atom is 0.255 e. The van der Waals surface area contributed by atoms with E-state index < -0.39 is 0 Å². The lowest BCUT2D eigenvalue weighted by molar-refractivity contribution is 0.0712. The second-order valence-electron chi connectivity index (χ2n) is 10.6. The fourth-order valence-corrected chi connectivity index (χ4v) is 5.60. The summed E-state index contributed by atoms with van der Waals surface area (Å²) in [4.78, 5) is 45.7. The van der Waals surface area contributed by atoms with Crippen LogP contribution in [0.5, 0.6) is 0 Å². The van der Waals surface area contributed by atoms with Crippen LogP contribution in [0.4, 0.5) is 5.69 Å². The van der Waals surface area contributed by atoms with Crippen molar-refractivity contribution in [1.29, 1.82) is 0 Å². The summed E-state index contributed by atoms with van der Waals surface area (Å²) in [7, 11) is 0. The third kappa shape index (κ3) is 6.18. The molecule has 8 heteroatoms. The van der Waals surface area contributed by atoms with Crippen molar-refractivity contribution >= 4 is 17.5 Å². The summed E-state index contributed by atoms with van der Waals surface area (Å²) in [5.74, 6) is -0.336. The molecule has 6 rings (SSSR count). The van der Waals surface area contributed by atoms with Crippen molar-refractivity contribution in [3.05, 3.63) is 138 Å². The predicted octanol–water partition coefficient (Wildman–Crippen LogP) is 5.80. The molecule has 0 bridgehead atoms. The van der Waals surface area contributed by atoms with Crippen LogP contribution in [0.1, 0.15) is 44.6 Å². The zero-order chi connectivity index (χ0) is 29.6. The number of nitrogens with one attached hydrogen (secondary N) is 1. The van der Waals surface area contributed by atoms with Crippen LogP contribution in [0.15, 0.2) is 110 Å².